The first-order chi connectivity index (χ1) is 13.3. The Morgan fingerprint density at radius 2 is 1.68 bits per heavy atom. The highest BCUT2D eigenvalue weighted by Crippen LogP contribution is 2.15. The summed E-state index contributed by atoms with van der Waals surface area (Å²) >= 11 is 0. The molecule has 1 aromatic rings. The highest BCUT2D eigenvalue weighted by Gasteiger charge is 2.27. The van der Waals surface area contributed by atoms with Gasteiger partial charge in [0.2, 0.25) is 0 Å². The lowest BCUT2D eigenvalue weighted by Crippen LogP contribution is -2.56. The maximum absolute atomic E-state index is 13.0. The maximum atomic E-state index is 13.0. The molecule has 0 spiro atoms. The number of urea groups is 1. The van der Waals surface area contributed by atoms with Gasteiger partial charge in [0, 0.05) is 58.4 Å². The number of aliphatic hydroxyl groups is 1. The van der Waals surface area contributed by atoms with Crippen LogP contribution in [0.2, 0.25) is 0 Å². The minimum absolute atomic E-state index is 0.0277. The van der Waals surface area contributed by atoms with E-state index in [-0.39, 0.29) is 17.9 Å². The molecule has 0 bridgehead atoms. The summed E-state index contributed by atoms with van der Waals surface area (Å²) in [5, 5.41) is 13.1. The van der Waals surface area contributed by atoms with Crippen molar-refractivity contribution in [1.29, 1.82) is 0 Å². The number of hydrogen-bond donors (Lipinski definition) is 2. The first kappa shape index (κ1) is 21.0. The van der Waals surface area contributed by atoms with Crippen LogP contribution in [0.1, 0.15) is 32.3 Å². The van der Waals surface area contributed by atoms with E-state index in [0.717, 1.165) is 51.1 Å². The second-order valence-corrected chi connectivity index (χ2v) is 8.70. The fourth-order valence-electron chi connectivity index (χ4n) is 4.01. The van der Waals surface area contributed by atoms with E-state index in [1.54, 1.807) is 0 Å². The lowest BCUT2D eigenvalue weighted by molar-refractivity contribution is 0.0222. The van der Waals surface area contributed by atoms with Crippen molar-refractivity contribution in [3.05, 3.63) is 35.6 Å². The molecule has 2 aliphatic heterocycles. The Morgan fingerprint density at radius 1 is 1.07 bits per heavy atom. The molecule has 28 heavy (non-hydrogen) atoms. The highest BCUT2D eigenvalue weighted by atomic mass is 19.1. The number of carbonyl (C=O) groups excluding carboxylic acids is 1. The molecule has 2 heterocycles. The van der Waals surface area contributed by atoms with Crippen LogP contribution in [0.3, 0.4) is 0 Å². The molecule has 156 valence electrons. The molecule has 0 aliphatic carbocycles. The minimum atomic E-state index is -0.702. The van der Waals surface area contributed by atoms with E-state index in [2.05, 4.69) is 15.1 Å². The van der Waals surface area contributed by atoms with Gasteiger partial charge < -0.3 is 15.3 Å². The molecule has 3 rings (SSSR count). The predicted octanol–water partition coefficient (Wildman–Crippen LogP) is 1.89. The van der Waals surface area contributed by atoms with Gasteiger partial charge in [-0.2, -0.15) is 0 Å². The number of halogens is 1. The topological polar surface area (TPSA) is 59.1 Å². The summed E-state index contributed by atoms with van der Waals surface area (Å²) < 4.78 is 13.0. The number of carbonyl (C=O) groups is 1. The number of piperidine rings is 1. The van der Waals surface area contributed by atoms with Gasteiger partial charge in [-0.3, -0.25) is 9.80 Å². The van der Waals surface area contributed by atoms with Gasteiger partial charge in [0.15, 0.2) is 0 Å². The molecule has 2 saturated heterocycles. The smallest absolute Gasteiger partial charge is 0.317 e. The van der Waals surface area contributed by atoms with Crippen LogP contribution in [-0.2, 0) is 6.54 Å². The average Bonchev–Trinajstić information content (AvgIpc) is 2.64. The Morgan fingerprint density at radius 3 is 2.25 bits per heavy atom. The average molecular weight is 393 g/mol. The largest absolute Gasteiger partial charge is 0.389 e. The van der Waals surface area contributed by atoms with Crippen molar-refractivity contribution in [3.63, 3.8) is 0 Å². The third-order valence-corrected chi connectivity index (χ3v) is 5.50. The summed E-state index contributed by atoms with van der Waals surface area (Å²) in [5.74, 6) is -0.203. The van der Waals surface area contributed by atoms with Gasteiger partial charge >= 0.3 is 6.03 Å². The van der Waals surface area contributed by atoms with Gasteiger partial charge in [-0.15, -0.1) is 0 Å². The van der Waals surface area contributed by atoms with Crippen LogP contribution in [0.25, 0.3) is 0 Å². The Balaban J connectivity index is 1.36. The van der Waals surface area contributed by atoms with Crippen LogP contribution in [0.4, 0.5) is 9.18 Å². The number of nitrogens with zero attached hydrogens (tertiary/aromatic N) is 3. The maximum Gasteiger partial charge on any atom is 0.317 e. The van der Waals surface area contributed by atoms with Crippen molar-refractivity contribution in [3.8, 4) is 0 Å². The Hall–Kier alpha value is -1.70. The first-order valence-electron chi connectivity index (χ1n) is 10.3. The summed E-state index contributed by atoms with van der Waals surface area (Å²) in [4.78, 5) is 19.0. The minimum Gasteiger partial charge on any atom is -0.389 e. The Kier molecular flexibility index (Phi) is 6.91. The lowest BCUT2D eigenvalue weighted by Gasteiger charge is -2.38. The van der Waals surface area contributed by atoms with Crippen LogP contribution < -0.4 is 5.32 Å². The third-order valence-electron chi connectivity index (χ3n) is 5.50. The van der Waals surface area contributed by atoms with Gasteiger partial charge in [-0.05, 0) is 44.4 Å². The number of likely N-dealkylation sites (tertiary alicyclic amines) is 1. The summed E-state index contributed by atoms with van der Waals surface area (Å²) in [5.41, 5.74) is 0.416. The fraction of sp³-hybridized carbons (Fsp3) is 0.667. The molecular formula is C21H33FN4O2. The van der Waals surface area contributed by atoms with Crippen molar-refractivity contribution in [2.24, 2.45) is 0 Å². The third kappa shape index (κ3) is 6.43. The first-order valence-corrected chi connectivity index (χ1v) is 10.3. The molecule has 7 heteroatoms. The molecule has 0 aromatic heterocycles. The van der Waals surface area contributed by atoms with E-state index >= 15 is 0 Å². The molecular weight excluding hydrogens is 359 g/mol. The van der Waals surface area contributed by atoms with E-state index in [4.69, 9.17) is 0 Å². The van der Waals surface area contributed by atoms with Crippen LogP contribution >= 0.6 is 0 Å². The van der Waals surface area contributed by atoms with Gasteiger partial charge in [-0.25, -0.2) is 9.18 Å². The number of amides is 2. The van der Waals surface area contributed by atoms with E-state index < -0.39 is 5.60 Å². The normalized spacial score (nSPS) is 20.4. The fourth-order valence-corrected chi connectivity index (χ4v) is 4.01. The SMILES string of the molecule is CC(C)(O)CN1CCN(C(=O)NC2CCN(Cc3ccc(F)cc3)CC2)CC1. The lowest BCUT2D eigenvalue weighted by atomic mass is 10.0. The summed E-state index contributed by atoms with van der Waals surface area (Å²) in [7, 11) is 0. The van der Waals surface area contributed by atoms with Gasteiger partial charge in [-0.1, -0.05) is 12.1 Å². The van der Waals surface area contributed by atoms with Crippen molar-refractivity contribution in [2.45, 2.75) is 44.9 Å². The molecule has 2 amide bonds. The van der Waals surface area contributed by atoms with Crippen LogP contribution in [0, 0.1) is 5.82 Å². The van der Waals surface area contributed by atoms with Crippen molar-refractivity contribution in [1.82, 2.24) is 20.0 Å². The molecule has 6 nitrogen and oxygen atoms in total. The van der Waals surface area contributed by atoms with Gasteiger partial charge in [0.1, 0.15) is 5.82 Å². The van der Waals surface area contributed by atoms with Gasteiger partial charge in [0.05, 0.1) is 5.60 Å². The number of piperazine rings is 1. The highest BCUT2D eigenvalue weighted by molar-refractivity contribution is 5.74. The predicted molar refractivity (Wildman–Crippen MR) is 108 cm³/mol. The molecule has 0 atom stereocenters. The van der Waals surface area contributed by atoms with Crippen LogP contribution in [-0.4, -0.2) is 83.3 Å². The Bertz CT molecular complexity index is 631. The zero-order valence-corrected chi connectivity index (χ0v) is 17.0. The zero-order valence-electron chi connectivity index (χ0n) is 17.0. The summed E-state index contributed by atoms with van der Waals surface area (Å²) in [6.07, 6.45) is 1.87. The van der Waals surface area contributed by atoms with E-state index in [0.29, 0.717) is 19.6 Å². The molecule has 2 N–H and O–H groups in total. The van der Waals surface area contributed by atoms with Crippen LogP contribution in [0.15, 0.2) is 24.3 Å². The number of hydrogen-bond acceptors (Lipinski definition) is 4. The molecule has 2 aliphatic rings. The number of β-amino-alcohol motifs (C(OH)–C–C–N with tert-alkyl or cyclic N) is 1. The van der Waals surface area contributed by atoms with Crippen molar-refractivity contribution < 1.29 is 14.3 Å². The van der Waals surface area contributed by atoms with E-state index in [1.165, 1.54) is 12.1 Å². The molecule has 0 unspecified atom stereocenters. The molecule has 0 radical (unpaired) electrons. The number of rotatable bonds is 5. The molecule has 0 saturated carbocycles. The summed E-state index contributed by atoms with van der Waals surface area (Å²) in [6.45, 7) is 9.95. The van der Waals surface area contributed by atoms with Crippen molar-refractivity contribution >= 4 is 6.03 Å². The second kappa shape index (κ2) is 9.20. The monoisotopic (exact) mass is 392 g/mol. The number of benzene rings is 1. The molecule has 2 fully saturated rings. The van der Waals surface area contributed by atoms with Gasteiger partial charge in [0.25, 0.3) is 0 Å². The van der Waals surface area contributed by atoms with Crippen molar-refractivity contribution in [2.75, 3.05) is 45.8 Å². The summed E-state index contributed by atoms with van der Waals surface area (Å²) in [6, 6.07) is 6.92. The molecule has 1 aromatic carbocycles. The standard InChI is InChI=1S/C21H33FN4O2/c1-21(2,28)16-25-11-13-26(14-12-25)20(27)23-19-7-9-24(10-8-19)15-17-3-5-18(22)6-4-17/h3-6,19,28H,7-16H2,1-2H3,(H,23,27). The quantitative estimate of drug-likeness (QED) is 0.804. The van der Waals surface area contributed by atoms with E-state index in [1.807, 2.05) is 30.9 Å². The number of nitrogens with one attached hydrogen (secondary N) is 1. The second-order valence-electron chi connectivity index (χ2n) is 8.70. The zero-order chi connectivity index (χ0) is 20.1. The Labute approximate surface area is 167 Å². The van der Waals surface area contributed by atoms with Crippen LogP contribution in [0.5, 0.6) is 0 Å². The van der Waals surface area contributed by atoms with E-state index in [9.17, 15) is 14.3 Å².